The Bertz CT molecular complexity index is 859. The molecule has 0 aliphatic carbocycles. The summed E-state index contributed by atoms with van der Waals surface area (Å²) in [5.74, 6) is -0.540. The van der Waals surface area contributed by atoms with Crippen LogP contribution in [0, 0.1) is 10.1 Å². The first-order valence-electron chi connectivity index (χ1n) is 8.51. The number of likely N-dealkylation sites (N-methyl/N-ethyl adjacent to an activating group) is 1. The molecule has 27 heavy (non-hydrogen) atoms. The molecule has 142 valence electrons. The maximum atomic E-state index is 12.6. The maximum Gasteiger partial charge on any atom is 0.294 e. The van der Waals surface area contributed by atoms with E-state index in [9.17, 15) is 19.7 Å². The lowest BCUT2D eigenvalue weighted by Gasteiger charge is -2.29. The minimum Gasteiger partial charge on any atom is -0.339 e. The molecule has 3 rings (SSSR count). The Morgan fingerprint density at radius 2 is 1.96 bits per heavy atom. The van der Waals surface area contributed by atoms with Crippen LogP contribution in [0.2, 0.25) is 0 Å². The predicted molar refractivity (Wildman–Crippen MR) is 96.6 cm³/mol. The number of rotatable bonds is 5. The summed E-state index contributed by atoms with van der Waals surface area (Å²) in [5, 5.41) is 18.5. The third-order valence-electron chi connectivity index (χ3n) is 4.32. The number of para-hydroxylation sites is 2. The molecule has 2 heterocycles. The van der Waals surface area contributed by atoms with E-state index in [0.717, 1.165) is 13.1 Å². The Labute approximate surface area is 155 Å². The molecule has 1 aliphatic heterocycles. The Morgan fingerprint density at radius 3 is 2.67 bits per heavy atom. The van der Waals surface area contributed by atoms with Gasteiger partial charge in [0.25, 0.3) is 11.6 Å². The fraction of sp³-hybridized carbons (Fsp3) is 0.353. The molecule has 0 saturated carbocycles. The first kappa shape index (κ1) is 18.5. The van der Waals surface area contributed by atoms with Gasteiger partial charge in [-0.25, -0.2) is 4.68 Å². The van der Waals surface area contributed by atoms with Gasteiger partial charge < -0.3 is 15.1 Å². The maximum absolute atomic E-state index is 12.6. The van der Waals surface area contributed by atoms with Crippen molar-refractivity contribution in [2.75, 3.05) is 39.8 Å². The quantitative estimate of drug-likeness (QED) is 0.596. The molecule has 0 unspecified atom stereocenters. The fourth-order valence-corrected chi connectivity index (χ4v) is 2.87. The van der Waals surface area contributed by atoms with Gasteiger partial charge in [-0.1, -0.05) is 12.1 Å². The highest BCUT2D eigenvalue weighted by atomic mass is 16.6. The van der Waals surface area contributed by atoms with Crippen LogP contribution in [-0.4, -0.2) is 76.1 Å². The van der Waals surface area contributed by atoms with E-state index in [-0.39, 0.29) is 29.5 Å². The molecular weight excluding hydrogens is 352 g/mol. The molecule has 10 heteroatoms. The molecule has 0 radical (unpaired) electrons. The largest absolute Gasteiger partial charge is 0.339 e. The second-order valence-corrected chi connectivity index (χ2v) is 6.18. The number of nitro benzene ring substituents is 1. The number of carbonyl (C=O) groups is 2. The standard InChI is InChI=1S/C17H20N6O4/c1-20(12-16(24)21-10-7-18-8-11-21)17(25)13-6-9-22(19-13)14-4-2-3-5-15(14)23(26)27/h2-6,9,18H,7-8,10-12H2,1H3. The minimum atomic E-state index is -0.503. The predicted octanol–water partition coefficient (Wildman–Crippen LogP) is 0.284. The molecule has 1 aromatic carbocycles. The molecular formula is C17H20N6O4. The first-order valence-corrected chi connectivity index (χ1v) is 8.51. The van der Waals surface area contributed by atoms with E-state index in [4.69, 9.17) is 0 Å². The monoisotopic (exact) mass is 372 g/mol. The van der Waals surface area contributed by atoms with E-state index in [1.54, 1.807) is 23.1 Å². The van der Waals surface area contributed by atoms with E-state index in [0.29, 0.717) is 13.1 Å². The third kappa shape index (κ3) is 4.11. The Balaban J connectivity index is 1.71. The van der Waals surface area contributed by atoms with Crippen LogP contribution in [0.25, 0.3) is 5.69 Å². The first-order chi connectivity index (χ1) is 13.0. The van der Waals surface area contributed by atoms with Crippen molar-refractivity contribution in [1.29, 1.82) is 0 Å². The van der Waals surface area contributed by atoms with Crippen LogP contribution in [0.4, 0.5) is 5.69 Å². The summed E-state index contributed by atoms with van der Waals surface area (Å²) in [5.41, 5.74) is 0.270. The van der Waals surface area contributed by atoms with Crippen LogP contribution < -0.4 is 5.32 Å². The van der Waals surface area contributed by atoms with Gasteiger partial charge in [0.1, 0.15) is 5.69 Å². The van der Waals surface area contributed by atoms with Crippen LogP contribution in [0.1, 0.15) is 10.5 Å². The van der Waals surface area contributed by atoms with Crippen molar-refractivity contribution in [3.63, 3.8) is 0 Å². The number of amides is 2. The fourth-order valence-electron chi connectivity index (χ4n) is 2.87. The molecule has 0 spiro atoms. The Kier molecular flexibility index (Phi) is 5.46. The molecule has 2 aromatic rings. The van der Waals surface area contributed by atoms with E-state index in [1.165, 1.54) is 35.0 Å². The van der Waals surface area contributed by atoms with Crippen LogP contribution >= 0.6 is 0 Å². The van der Waals surface area contributed by atoms with Crippen LogP contribution in [0.5, 0.6) is 0 Å². The second kappa shape index (κ2) is 7.96. The van der Waals surface area contributed by atoms with Crippen molar-refractivity contribution in [2.45, 2.75) is 0 Å². The number of hydrogen-bond donors (Lipinski definition) is 1. The molecule has 1 aliphatic rings. The summed E-state index contributed by atoms with van der Waals surface area (Å²) >= 11 is 0. The average Bonchev–Trinajstić information content (AvgIpc) is 3.18. The highest BCUT2D eigenvalue weighted by molar-refractivity contribution is 5.94. The molecule has 0 bridgehead atoms. The van der Waals surface area contributed by atoms with E-state index < -0.39 is 10.8 Å². The summed E-state index contributed by atoms with van der Waals surface area (Å²) in [6.07, 6.45) is 1.49. The SMILES string of the molecule is CN(CC(=O)N1CCNCC1)C(=O)c1ccn(-c2ccccc2[N+](=O)[O-])n1. The van der Waals surface area contributed by atoms with Crippen molar-refractivity contribution in [2.24, 2.45) is 0 Å². The number of aromatic nitrogens is 2. The van der Waals surface area contributed by atoms with Crippen LogP contribution in [-0.2, 0) is 4.79 Å². The summed E-state index contributed by atoms with van der Waals surface area (Å²) in [6, 6.07) is 7.62. The van der Waals surface area contributed by atoms with E-state index in [1.807, 2.05) is 0 Å². The van der Waals surface area contributed by atoms with Gasteiger partial charge in [-0.3, -0.25) is 19.7 Å². The van der Waals surface area contributed by atoms with Gasteiger partial charge in [0.05, 0.1) is 11.5 Å². The second-order valence-electron chi connectivity index (χ2n) is 6.18. The van der Waals surface area contributed by atoms with Crippen molar-refractivity contribution in [3.8, 4) is 5.69 Å². The lowest BCUT2D eigenvalue weighted by atomic mass is 10.3. The molecule has 10 nitrogen and oxygen atoms in total. The molecule has 1 aromatic heterocycles. The molecule has 2 amide bonds. The summed E-state index contributed by atoms with van der Waals surface area (Å²) in [6.45, 7) is 2.67. The number of nitrogens with zero attached hydrogens (tertiary/aromatic N) is 5. The third-order valence-corrected chi connectivity index (χ3v) is 4.32. The smallest absolute Gasteiger partial charge is 0.294 e. The summed E-state index contributed by atoms with van der Waals surface area (Å²) in [4.78, 5) is 38.5. The van der Waals surface area contributed by atoms with Gasteiger partial charge in [0.2, 0.25) is 5.91 Å². The Morgan fingerprint density at radius 1 is 1.26 bits per heavy atom. The lowest BCUT2D eigenvalue weighted by molar-refractivity contribution is -0.384. The van der Waals surface area contributed by atoms with Crippen molar-refractivity contribution in [3.05, 3.63) is 52.3 Å². The Hall–Kier alpha value is -3.27. The lowest BCUT2D eigenvalue weighted by Crippen LogP contribution is -2.49. The van der Waals surface area contributed by atoms with E-state index >= 15 is 0 Å². The van der Waals surface area contributed by atoms with Crippen molar-refractivity contribution in [1.82, 2.24) is 24.9 Å². The number of hydrogen-bond acceptors (Lipinski definition) is 6. The van der Waals surface area contributed by atoms with Gasteiger partial charge >= 0.3 is 0 Å². The van der Waals surface area contributed by atoms with Gasteiger partial charge in [-0.2, -0.15) is 5.10 Å². The number of nitro groups is 1. The van der Waals surface area contributed by atoms with Gasteiger partial charge in [-0.05, 0) is 12.1 Å². The molecule has 1 fully saturated rings. The molecule has 1 saturated heterocycles. The molecule has 1 N–H and O–H groups in total. The van der Waals surface area contributed by atoms with Crippen molar-refractivity contribution >= 4 is 17.5 Å². The summed E-state index contributed by atoms with van der Waals surface area (Å²) in [7, 11) is 1.53. The van der Waals surface area contributed by atoms with Gasteiger partial charge in [0.15, 0.2) is 5.69 Å². The normalized spacial score (nSPS) is 14.0. The summed E-state index contributed by atoms with van der Waals surface area (Å²) < 4.78 is 1.29. The highest BCUT2D eigenvalue weighted by Gasteiger charge is 2.23. The number of carbonyl (C=O) groups excluding carboxylic acids is 2. The zero-order valence-corrected chi connectivity index (χ0v) is 14.9. The topological polar surface area (TPSA) is 114 Å². The zero-order chi connectivity index (χ0) is 19.4. The van der Waals surface area contributed by atoms with Crippen molar-refractivity contribution < 1.29 is 14.5 Å². The van der Waals surface area contributed by atoms with Crippen LogP contribution in [0.15, 0.2) is 36.5 Å². The number of nitrogens with one attached hydrogen (secondary N) is 1. The van der Waals surface area contributed by atoms with Gasteiger partial charge in [0, 0.05) is 45.5 Å². The van der Waals surface area contributed by atoms with Crippen LogP contribution in [0.3, 0.4) is 0 Å². The minimum absolute atomic E-state index is 0.0445. The average molecular weight is 372 g/mol. The number of piperazine rings is 1. The molecule has 0 atom stereocenters. The number of benzene rings is 1. The van der Waals surface area contributed by atoms with E-state index in [2.05, 4.69) is 10.4 Å². The highest BCUT2D eigenvalue weighted by Crippen LogP contribution is 2.21. The zero-order valence-electron chi connectivity index (χ0n) is 14.9. The van der Waals surface area contributed by atoms with Gasteiger partial charge in [-0.15, -0.1) is 0 Å².